The van der Waals surface area contributed by atoms with Gasteiger partial charge in [0.15, 0.2) is 5.41 Å². The molecule has 6 heteroatoms. The van der Waals surface area contributed by atoms with E-state index in [1.165, 1.54) is 0 Å². The van der Waals surface area contributed by atoms with Gasteiger partial charge in [0.1, 0.15) is 11.5 Å². The maximum absolute atomic E-state index is 13.5. The zero-order valence-corrected chi connectivity index (χ0v) is 16.3. The molecule has 1 aliphatic heterocycles. The summed E-state index contributed by atoms with van der Waals surface area (Å²) in [6, 6.07) is 23.7. The number of ether oxygens (including phenoxy) is 2. The van der Waals surface area contributed by atoms with Gasteiger partial charge in [0.05, 0.1) is 5.69 Å². The lowest BCUT2D eigenvalue weighted by atomic mass is 9.79. The van der Waals surface area contributed by atoms with Crippen molar-refractivity contribution in [2.24, 2.45) is 0 Å². The van der Waals surface area contributed by atoms with E-state index in [1.807, 2.05) is 0 Å². The van der Waals surface area contributed by atoms with Gasteiger partial charge >= 0.3 is 12.1 Å². The Morgan fingerprint density at radius 2 is 1.33 bits per heavy atom. The summed E-state index contributed by atoms with van der Waals surface area (Å²) in [5.74, 6) is -0.795. The molecule has 0 saturated heterocycles. The van der Waals surface area contributed by atoms with Gasteiger partial charge in [-0.1, -0.05) is 61.5 Å². The van der Waals surface area contributed by atoms with Gasteiger partial charge in [-0.15, -0.1) is 0 Å². The maximum Gasteiger partial charge on any atom is 0.426 e. The fraction of sp³-hybridized carbons (Fsp3) is 0.125. The van der Waals surface area contributed by atoms with Crippen LogP contribution in [0, 0.1) is 0 Å². The Balaban J connectivity index is 1.73. The van der Waals surface area contributed by atoms with Crippen LogP contribution in [0.5, 0.6) is 11.5 Å². The molecule has 0 bridgehead atoms. The van der Waals surface area contributed by atoms with E-state index in [0.29, 0.717) is 22.7 Å². The molecule has 4 rings (SSSR count). The Labute approximate surface area is 173 Å². The Kier molecular flexibility index (Phi) is 5.06. The van der Waals surface area contributed by atoms with Gasteiger partial charge in [-0.2, -0.15) is 0 Å². The number of amides is 2. The topological polar surface area (TPSA) is 72.9 Å². The average molecular weight is 401 g/mol. The van der Waals surface area contributed by atoms with Crippen molar-refractivity contribution < 1.29 is 23.9 Å². The molecule has 3 aromatic carbocycles. The number of imide groups is 1. The summed E-state index contributed by atoms with van der Waals surface area (Å²) in [6.07, 6.45) is -0.745. The predicted molar refractivity (Wildman–Crippen MR) is 110 cm³/mol. The molecule has 0 fully saturated rings. The summed E-state index contributed by atoms with van der Waals surface area (Å²) in [5, 5.41) is 0. The first kappa shape index (κ1) is 19.4. The molecule has 0 aromatic heterocycles. The smallest absolute Gasteiger partial charge is 0.425 e. The van der Waals surface area contributed by atoms with Gasteiger partial charge < -0.3 is 9.47 Å². The Bertz CT molecular complexity index is 1100. The highest BCUT2D eigenvalue weighted by atomic mass is 16.6. The minimum Gasteiger partial charge on any atom is -0.425 e. The quantitative estimate of drug-likeness (QED) is 0.366. The Hall–Kier alpha value is -3.93. The van der Waals surface area contributed by atoms with Crippen LogP contribution in [0.4, 0.5) is 10.5 Å². The molecular formula is C24H19NO5. The van der Waals surface area contributed by atoms with Crippen molar-refractivity contribution in [2.75, 3.05) is 4.90 Å². The third kappa shape index (κ3) is 3.12. The van der Waals surface area contributed by atoms with Crippen molar-refractivity contribution in [3.63, 3.8) is 0 Å². The molecule has 1 atom stereocenters. The summed E-state index contributed by atoms with van der Waals surface area (Å²) in [6.45, 7) is 1.72. The Morgan fingerprint density at radius 3 is 1.93 bits per heavy atom. The van der Waals surface area contributed by atoms with Crippen LogP contribution < -0.4 is 14.4 Å². The van der Waals surface area contributed by atoms with E-state index in [9.17, 15) is 14.4 Å². The summed E-state index contributed by atoms with van der Waals surface area (Å²) >= 11 is 0. The second kappa shape index (κ2) is 7.83. The van der Waals surface area contributed by atoms with Crippen molar-refractivity contribution in [3.05, 3.63) is 90.5 Å². The molecular weight excluding hydrogens is 382 g/mol. The number of benzene rings is 3. The third-order valence-electron chi connectivity index (χ3n) is 5.14. The molecule has 0 saturated carbocycles. The molecule has 0 aliphatic carbocycles. The largest absolute Gasteiger partial charge is 0.426 e. The Morgan fingerprint density at radius 1 is 0.800 bits per heavy atom. The number of rotatable bonds is 4. The molecule has 0 spiro atoms. The van der Waals surface area contributed by atoms with E-state index < -0.39 is 23.4 Å². The minimum absolute atomic E-state index is 0.129. The van der Waals surface area contributed by atoms with E-state index in [-0.39, 0.29) is 6.42 Å². The summed E-state index contributed by atoms with van der Waals surface area (Å²) in [5.41, 5.74) is -0.902. The van der Waals surface area contributed by atoms with Crippen LogP contribution >= 0.6 is 0 Å². The molecule has 3 aromatic rings. The first-order valence-corrected chi connectivity index (χ1v) is 9.56. The van der Waals surface area contributed by atoms with E-state index in [4.69, 9.17) is 9.47 Å². The zero-order chi connectivity index (χ0) is 21.1. The summed E-state index contributed by atoms with van der Waals surface area (Å²) in [4.78, 5) is 40.6. The molecule has 0 radical (unpaired) electrons. The summed E-state index contributed by atoms with van der Waals surface area (Å²) < 4.78 is 10.9. The van der Waals surface area contributed by atoms with Crippen LogP contribution in [-0.4, -0.2) is 18.0 Å². The lowest BCUT2D eigenvalue weighted by molar-refractivity contribution is -0.145. The lowest BCUT2D eigenvalue weighted by Crippen LogP contribution is -2.50. The number of hydrogen-bond donors (Lipinski definition) is 0. The second-order valence-electron chi connectivity index (χ2n) is 6.80. The molecule has 30 heavy (non-hydrogen) atoms. The SMILES string of the molecule is CC[C@@]1(C(=O)Oc2ccccc2)C(=O)N(C(=O)Oc2ccccc2)c2ccccc21. The molecule has 0 unspecified atom stereocenters. The lowest BCUT2D eigenvalue weighted by Gasteiger charge is -2.24. The maximum atomic E-state index is 13.5. The van der Waals surface area contributed by atoms with E-state index in [0.717, 1.165) is 4.90 Å². The molecule has 150 valence electrons. The van der Waals surface area contributed by atoms with Crippen LogP contribution in [-0.2, 0) is 15.0 Å². The molecule has 2 amide bonds. The van der Waals surface area contributed by atoms with Gasteiger partial charge in [0.25, 0.3) is 5.91 Å². The number of anilines is 1. The van der Waals surface area contributed by atoms with Crippen LogP contribution in [0.3, 0.4) is 0 Å². The fourth-order valence-electron chi connectivity index (χ4n) is 3.63. The first-order valence-electron chi connectivity index (χ1n) is 9.56. The average Bonchev–Trinajstić information content (AvgIpc) is 3.03. The van der Waals surface area contributed by atoms with Crippen LogP contribution in [0.2, 0.25) is 0 Å². The summed E-state index contributed by atoms with van der Waals surface area (Å²) in [7, 11) is 0. The van der Waals surface area contributed by atoms with E-state index in [1.54, 1.807) is 91.9 Å². The van der Waals surface area contributed by atoms with Crippen molar-refractivity contribution >= 4 is 23.7 Å². The third-order valence-corrected chi connectivity index (χ3v) is 5.14. The fourth-order valence-corrected chi connectivity index (χ4v) is 3.63. The number of nitrogens with zero attached hydrogens (tertiary/aromatic N) is 1. The van der Waals surface area contributed by atoms with Crippen molar-refractivity contribution in [1.29, 1.82) is 0 Å². The number of carbonyl (C=O) groups excluding carboxylic acids is 3. The molecule has 1 heterocycles. The van der Waals surface area contributed by atoms with Crippen molar-refractivity contribution in [1.82, 2.24) is 0 Å². The van der Waals surface area contributed by atoms with Crippen LogP contribution in [0.15, 0.2) is 84.9 Å². The van der Waals surface area contributed by atoms with Crippen LogP contribution in [0.25, 0.3) is 0 Å². The highest BCUT2D eigenvalue weighted by Crippen LogP contribution is 2.45. The van der Waals surface area contributed by atoms with Gasteiger partial charge in [-0.05, 0) is 36.8 Å². The second-order valence-corrected chi connectivity index (χ2v) is 6.80. The zero-order valence-electron chi connectivity index (χ0n) is 16.3. The van der Waals surface area contributed by atoms with Crippen molar-refractivity contribution in [3.8, 4) is 11.5 Å². The first-order chi connectivity index (χ1) is 14.6. The predicted octanol–water partition coefficient (Wildman–Crippen LogP) is 4.49. The molecule has 1 aliphatic rings. The normalized spacial score (nSPS) is 17.4. The van der Waals surface area contributed by atoms with Crippen molar-refractivity contribution in [2.45, 2.75) is 18.8 Å². The van der Waals surface area contributed by atoms with Gasteiger partial charge in [0.2, 0.25) is 0 Å². The standard InChI is InChI=1S/C24H19NO5/c1-2-24(22(27)29-17-11-5-3-6-12-17)19-15-9-10-16-20(19)25(21(24)26)23(28)30-18-13-7-4-8-14-18/h3-16H,2H2,1H3/t24-/m0/s1. The number of fused-ring (bicyclic) bond motifs is 1. The number of para-hydroxylation sites is 3. The van der Waals surface area contributed by atoms with E-state index >= 15 is 0 Å². The highest BCUT2D eigenvalue weighted by molar-refractivity contribution is 6.28. The molecule has 6 nitrogen and oxygen atoms in total. The van der Waals surface area contributed by atoms with E-state index in [2.05, 4.69) is 0 Å². The van der Waals surface area contributed by atoms with Gasteiger partial charge in [0, 0.05) is 5.56 Å². The van der Waals surface area contributed by atoms with Crippen LogP contribution in [0.1, 0.15) is 18.9 Å². The number of hydrogen-bond acceptors (Lipinski definition) is 5. The monoisotopic (exact) mass is 401 g/mol. The minimum atomic E-state index is -1.64. The number of esters is 1. The van der Waals surface area contributed by atoms with Gasteiger partial charge in [-0.25, -0.2) is 9.69 Å². The van der Waals surface area contributed by atoms with Gasteiger partial charge in [-0.3, -0.25) is 9.59 Å². The molecule has 0 N–H and O–H groups in total. The number of carbonyl (C=O) groups is 3. The highest BCUT2D eigenvalue weighted by Gasteiger charge is 2.58.